The van der Waals surface area contributed by atoms with Gasteiger partial charge in [0.1, 0.15) is 5.75 Å². The van der Waals surface area contributed by atoms with Gasteiger partial charge in [0.15, 0.2) is 10.8 Å². The summed E-state index contributed by atoms with van der Waals surface area (Å²) in [5.74, 6) is -0.417. The van der Waals surface area contributed by atoms with Gasteiger partial charge in [-0.25, -0.2) is 4.98 Å². The van der Waals surface area contributed by atoms with Crippen LogP contribution in [-0.2, 0) is 17.5 Å². The monoisotopic (exact) mass is 446 g/mol. The van der Waals surface area contributed by atoms with Gasteiger partial charge in [-0.15, -0.1) is 11.3 Å². The van der Waals surface area contributed by atoms with Crippen molar-refractivity contribution in [2.75, 3.05) is 5.32 Å². The van der Waals surface area contributed by atoms with E-state index in [1.165, 1.54) is 19.1 Å². The van der Waals surface area contributed by atoms with Crippen LogP contribution in [0.4, 0.5) is 27.1 Å². The average molecular weight is 446 g/mol. The molecule has 0 aliphatic carbocycles. The van der Waals surface area contributed by atoms with E-state index in [2.05, 4.69) is 20.1 Å². The molecular formula is C18H15F5N4O2S. The van der Waals surface area contributed by atoms with Gasteiger partial charge < -0.3 is 10.1 Å². The first-order valence-electron chi connectivity index (χ1n) is 8.54. The molecule has 3 rings (SSSR count). The van der Waals surface area contributed by atoms with Crippen LogP contribution in [0.2, 0.25) is 0 Å². The number of thiazole rings is 1. The first-order valence-corrected chi connectivity index (χ1v) is 9.42. The molecule has 1 aromatic carbocycles. The molecule has 2 heterocycles. The molecule has 0 aliphatic rings. The van der Waals surface area contributed by atoms with Crippen molar-refractivity contribution in [3.05, 3.63) is 47.1 Å². The van der Waals surface area contributed by atoms with Gasteiger partial charge in [-0.2, -0.15) is 27.1 Å². The van der Waals surface area contributed by atoms with Crippen LogP contribution in [-0.4, -0.2) is 27.3 Å². The van der Waals surface area contributed by atoms with Crippen LogP contribution in [0.5, 0.6) is 5.75 Å². The number of hydrogen-bond acceptors (Lipinski definition) is 5. The first-order chi connectivity index (χ1) is 14.1. The number of ether oxygens (including phenoxy) is 1. The van der Waals surface area contributed by atoms with Gasteiger partial charge in [-0.1, -0.05) is 0 Å². The highest BCUT2D eigenvalue weighted by molar-refractivity contribution is 7.14. The number of alkyl halides is 5. The highest BCUT2D eigenvalue weighted by atomic mass is 32.1. The molecule has 0 aliphatic heterocycles. The third-order valence-electron chi connectivity index (χ3n) is 3.95. The zero-order chi connectivity index (χ0) is 21.9. The molecule has 30 heavy (non-hydrogen) atoms. The number of aromatic nitrogens is 3. The fourth-order valence-electron chi connectivity index (χ4n) is 2.54. The number of aryl methyl sites for hydroxylation is 2. The molecule has 1 amide bonds. The molecule has 0 radical (unpaired) electrons. The molecule has 3 aromatic rings. The molecule has 0 bridgehead atoms. The number of benzene rings is 1. The Labute approximate surface area is 171 Å². The number of rotatable bonds is 7. The molecule has 0 saturated heterocycles. The second kappa shape index (κ2) is 8.78. The standard InChI is InChI=1S/C18H15F5N4O2S/c1-10-8-14(18(21,22)23)26-27(10)7-6-15(28)25-17-24-13(9-30-17)11-2-4-12(5-3-11)29-16(19)20/h2-5,8-9,16H,6-7H2,1H3,(H,24,25,28). The summed E-state index contributed by atoms with van der Waals surface area (Å²) in [6, 6.07) is 6.78. The smallest absolute Gasteiger partial charge is 0.435 e. The Kier molecular flexibility index (Phi) is 6.34. The summed E-state index contributed by atoms with van der Waals surface area (Å²) >= 11 is 1.15. The van der Waals surface area contributed by atoms with Gasteiger partial charge in [0, 0.05) is 29.6 Å². The molecular weight excluding hydrogens is 431 g/mol. The van der Waals surface area contributed by atoms with Crippen molar-refractivity contribution in [3.63, 3.8) is 0 Å². The number of halogens is 5. The zero-order valence-corrected chi connectivity index (χ0v) is 16.2. The SMILES string of the molecule is Cc1cc(C(F)(F)F)nn1CCC(=O)Nc1nc(-c2ccc(OC(F)F)cc2)cs1. The third-order valence-corrected chi connectivity index (χ3v) is 4.71. The van der Waals surface area contributed by atoms with E-state index in [-0.39, 0.29) is 18.7 Å². The van der Waals surface area contributed by atoms with Crippen LogP contribution in [0.3, 0.4) is 0 Å². The topological polar surface area (TPSA) is 69.0 Å². The van der Waals surface area contributed by atoms with Crippen LogP contribution in [0, 0.1) is 6.92 Å². The number of carbonyl (C=O) groups excluding carboxylic acids is 1. The van der Waals surface area contributed by atoms with Gasteiger partial charge in [0.05, 0.1) is 5.69 Å². The van der Waals surface area contributed by atoms with Gasteiger partial charge in [-0.3, -0.25) is 9.48 Å². The number of nitrogens with zero attached hydrogens (tertiary/aromatic N) is 3. The highest BCUT2D eigenvalue weighted by Crippen LogP contribution is 2.29. The van der Waals surface area contributed by atoms with Crippen molar-refractivity contribution in [2.24, 2.45) is 0 Å². The second-order valence-electron chi connectivity index (χ2n) is 6.13. The van der Waals surface area contributed by atoms with Crippen LogP contribution in [0.15, 0.2) is 35.7 Å². The summed E-state index contributed by atoms with van der Waals surface area (Å²) in [4.78, 5) is 16.3. The Morgan fingerprint density at radius 2 is 1.97 bits per heavy atom. The number of carbonyl (C=O) groups is 1. The summed E-state index contributed by atoms with van der Waals surface area (Å²) < 4.78 is 67.8. The number of hydrogen-bond donors (Lipinski definition) is 1. The lowest BCUT2D eigenvalue weighted by Gasteiger charge is -2.05. The Morgan fingerprint density at radius 1 is 1.27 bits per heavy atom. The molecule has 0 fully saturated rings. The fourth-order valence-corrected chi connectivity index (χ4v) is 3.27. The van der Waals surface area contributed by atoms with Crippen LogP contribution >= 0.6 is 11.3 Å². The predicted octanol–water partition coefficient (Wildman–Crippen LogP) is 4.96. The Balaban J connectivity index is 1.57. The van der Waals surface area contributed by atoms with Crippen molar-refractivity contribution < 1.29 is 31.5 Å². The normalized spacial score (nSPS) is 11.7. The number of nitrogens with one attached hydrogen (secondary N) is 1. The molecule has 2 aromatic heterocycles. The maximum Gasteiger partial charge on any atom is 0.435 e. The predicted molar refractivity (Wildman–Crippen MR) is 99.4 cm³/mol. The Morgan fingerprint density at radius 3 is 2.57 bits per heavy atom. The second-order valence-corrected chi connectivity index (χ2v) is 6.99. The third kappa shape index (κ3) is 5.53. The van der Waals surface area contributed by atoms with Crippen molar-refractivity contribution in [3.8, 4) is 17.0 Å². The van der Waals surface area contributed by atoms with Gasteiger partial charge >= 0.3 is 12.8 Å². The van der Waals surface area contributed by atoms with Gasteiger partial charge in [0.2, 0.25) is 5.91 Å². The van der Waals surface area contributed by atoms with E-state index in [4.69, 9.17) is 0 Å². The van der Waals surface area contributed by atoms with E-state index in [9.17, 15) is 26.7 Å². The Bertz CT molecular complexity index is 1010. The lowest BCUT2D eigenvalue weighted by atomic mass is 10.2. The molecule has 0 spiro atoms. The summed E-state index contributed by atoms with van der Waals surface area (Å²) in [7, 11) is 0. The summed E-state index contributed by atoms with van der Waals surface area (Å²) in [6.45, 7) is -1.45. The molecule has 1 N–H and O–H groups in total. The molecule has 6 nitrogen and oxygen atoms in total. The minimum Gasteiger partial charge on any atom is -0.435 e. The molecule has 160 valence electrons. The maximum atomic E-state index is 12.7. The van der Waals surface area contributed by atoms with Gasteiger partial charge in [0.25, 0.3) is 0 Å². The van der Waals surface area contributed by atoms with E-state index >= 15 is 0 Å². The molecule has 0 unspecified atom stereocenters. The minimum absolute atomic E-state index is 0.0140. The van der Waals surface area contributed by atoms with E-state index in [1.807, 2.05) is 0 Å². The quantitative estimate of drug-likeness (QED) is 0.521. The molecule has 0 saturated carbocycles. The van der Waals surface area contributed by atoms with Crippen LogP contribution < -0.4 is 10.1 Å². The van der Waals surface area contributed by atoms with Crippen LogP contribution in [0.1, 0.15) is 17.8 Å². The van der Waals surface area contributed by atoms with E-state index in [0.717, 1.165) is 22.1 Å². The zero-order valence-electron chi connectivity index (χ0n) is 15.4. The molecule has 0 atom stereocenters. The van der Waals surface area contributed by atoms with E-state index in [0.29, 0.717) is 22.1 Å². The van der Waals surface area contributed by atoms with Crippen molar-refractivity contribution in [1.29, 1.82) is 0 Å². The fraction of sp³-hybridized carbons (Fsp3) is 0.278. The van der Waals surface area contributed by atoms with Crippen molar-refractivity contribution in [1.82, 2.24) is 14.8 Å². The largest absolute Gasteiger partial charge is 0.435 e. The van der Waals surface area contributed by atoms with E-state index in [1.54, 1.807) is 17.5 Å². The molecule has 12 heteroatoms. The average Bonchev–Trinajstić information content (AvgIpc) is 3.26. The number of amides is 1. The minimum atomic E-state index is -4.54. The van der Waals surface area contributed by atoms with Crippen molar-refractivity contribution >= 4 is 22.4 Å². The van der Waals surface area contributed by atoms with Crippen molar-refractivity contribution in [2.45, 2.75) is 32.7 Å². The van der Waals surface area contributed by atoms with E-state index < -0.39 is 24.4 Å². The number of anilines is 1. The maximum absolute atomic E-state index is 12.7. The first kappa shape index (κ1) is 21.7. The Hall–Kier alpha value is -3.02. The van der Waals surface area contributed by atoms with Crippen LogP contribution in [0.25, 0.3) is 11.3 Å². The lowest BCUT2D eigenvalue weighted by molar-refractivity contribution is -0.141. The highest BCUT2D eigenvalue weighted by Gasteiger charge is 2.34. The lowest BCUT2D eigenvalue weighted by Crippen LogP contribution is -2.16. The summed E-state index contributed by atoms with van der Waals surface area (Å²) in [5.41, 5.74) is 0.456. The summed E-state index contributed by atoms with van der Waals surface area (Å²) in [5, 5.41) is 8.02. The van der Waals surface area contributed by atoms with Gasteiger partial charge in [-0.05, 0) is 37.3 Å². The summed E-state index contributed by atoms with van der Waals surface area (Å²) in [6.07, 6.45) is -4.63.